The second kappa shape index (κ2) is 5.28. The average molecular weight is 360 g/mol. The Labute approximate surface area is 130 Å². The Bertz CT molecular complexity index is 1100. The van der Waals surface area contributed by atoms with E-state index in [2.05, 4.69) is 14.1 Å². The minimum atomic E-state index is -4.00. The number of sulfone groups is 1. The van der Waals surface area contributed by atoms with Crippen LogP contribution in [0.1, 0.15) is 6.42 Å². The van der Waals surface area contributed by atoms with E-state index in [1.54, 1.807) is 0 Å². The molecule has 9 nitrogen and oxygen atoms in total. The van der Waals surface area contributed by atoms with Crippen molar-refractivity contribution in [2.75, 3.05) is 11.5 Å². The lowest BCUT2D eigenvalue weighted by Crippen LogP contribution is -2.35. The molecule has 1 aliphatic rings. The van der Waals surface area contributed by atoms with E-state index in [4.69, 9.17) is 0 Å². The summed E-state index contributed by atoms with van der Waals surface area (Å²) in [5.41, 5.74) is -0.808. The molecule has 1 saturated heterocycles. The molecule has 0 bridgehead atoms. The highest BCUT2D eigenvalue weighted by Gasteiger charge is 2.31. The van der Waals surface area contributed by atoms with Crippen LogP contribution in [0.4, 0.5) is 0 Å². The van der Waals surface area contributed by atoms with Gasteiger partial charge in [0.2, 0.25) is 10.0 Å². The van der Waals surface area contributed by atoms with Gasteiger partial charge in [-0.2, -0.15) is 0 Å². The minimum absolute atomic E-state index is 0.0667. The van der Waals surface area contributed by atoms with Crippen LogP contribution in [0.25, 0.3) is 10.9 Å². The zero-order valence-electron chi connectivity index (χ0n) is 11.6. The van der Waals surface area contributed by atoms with Crippen LogP contribution in [0, 0.1) is 0 Å². The van der Waals surface area contributed by atoms with Crippen molar-refractivity contribution < 1.29 is 21.3 Å². The normalized spacial score (nSPS) is 20.8. The molecule has 2 aromatic rings. The molecule has 11 heteroatoms. The first-order valence-electron chi connectivity index (χ1n) is 6.56. The van der Waals surface area contributed by atoms with Crippen molar-refractivity contribution in [3.8, 4) is 0 Å². The van der Waals surface area contributed by atoms with Gasteiger partial charge in [0, 0.05) is 6.04 Å². The zero-order chi connectivity index (χ0) is 16.8. The van der Waals surface area contributed by atoms with E-state index in [9.17, 15) is 26.4 Å². The SMILES string of the molecule is O=c1[nH]c2ccc(S(=O)(=O)NC3CCS(=O)(=O)C3)cc2c(=O)o1. The fourth-order valence-electron chi connectivity index (χ4n) is 2.42. The summed E-state index contributed by atoms with van der Waals surface area (Å²) in [4.78, 5) is 24.8. The predicted octanol–water partition coefficient (Wildman–Crippen LogP) is -1.05. The Morgan fingerprint density at radius 2 is 2.00 bits per heavy atom. The summed E-state index contributed by atoms with van der Waals surface area (Å²) < 4.78 is 54.1. The van der Waals surface area contributed by atoms with E-state index >= 15 is 0 Å². The van der Waals surface area contributed by atoms with Gasteiger partial charge in [0.25, 0.3) is 0 Å². The maximum absolute atomic E-state index is 12.3. The predicted molar refractivity (Wildman–Crippen MR) is 80.5 cm³/mol. The van der Waals surface area contributed by atoms with E-state index in [-0.39, 0.29) is 33.7 Å². The third kappa shape index (κ3) is 3.21. The molecular weight excluding hydrogens is 348 g/mol. The minimum Gasteiger partial charge on any atom is -0.372 e. The number of rotatable bonds is 3. The molecule has 124 valence electrons. The number of nitrogens with one attached hydrogen (secondary N) is 2. The van der Waals surface area contributed by atoms with Crippen LogP contribution in [0.5, 0.6) is 0 Å². The van der Waals surface area contributed by atoms with Gasteiger partial charge in [-0.3, -0.25) is 4.98 Å². The Hall–Kier alpha value is -1.98. The topological polar surface area (TPSA) is 143 Å². The summed E-state index contributed by atoms with van der Waals surface area (Å²) in [7, 11) is -7.23. The van der Waals surface area contributed by atoms with Crippen molar-refractivity contribution in [2.45, 2.75) is 17.4 Å². The van der Waals surface area contributed by atoms with Crippen LogP contribution in [0.2, 0.25) is 0 Å². The van der Waals surface area contributed by atoms with E-state index in [1.807, 2.05) is 0 Å². The number of sulfonamides is 1. The molecule has 1 aromatic carbocycles. The van der Waals surface area contributed by atoms with Gasteiger partial charge in [-0.25, -0.2) is 31.1 Å². The van der Waals surface area contributed by atoms with Gasteiger partial charge in [-0.15, -0.1) is 0 Å². The number of benzene rings is 1. The number of hydrogen-bond donors (Lipinski definition) is 2. The summed E-state index contributed by atoms with van der Waals surface area (Å²) in [5, 5.41) is -0.0912. The van der Waals surface area contributed by atoms with Crippen molar-refractivity contribution in [1.82, 2.24) is 9.71 Å². The second-order valence-corrected chi connectivity index (χ2v) is 9.17. The second-order valence-electron chi connectivity index (χ2n) is 5.23. The number of fused-ring (bicyclic) bond motifs is 1. The maximum atomic E-state index is 12.3. The smallest absolute Gasteiger partial charge is 0.372 e. The molecule has 2 heterocycles. The first-order valence-corrected chi connectivity index (χ1v) is 9.87. The lowest BCUT2D eigenvalue weighted by atomic mass is 10.2. The van der Waals surface area contributed by atoms with Gasteiger partial charge in [0.05, 0.1) is 27.3 Å². The molecule has 1 fully saturated rings. The molecule has 0 aliphatic carbocycles. The molecule has 2 N–H and O–H groups in total. The van der Waals surface area contributed by atoms with Crippen LogP contribution in [0.3, 0.4) is 0 Å². The standard InChI is InChI=1S/C12H12N2O7S2/c15-11-9-5-8(1-2-10(9)13-12(16)21-11)23(19,20)14-7-3-4-22(17,18)6-7/h1-2,5,7,14H,3-4,6H2,(H,13,16). The molecule has 3 rings (SSSR count). The molecule has 23 heavy (non-hydrogen) atoms. The van der Waals surface area contributed by atoms with Gasteiger partial charge in [-0.1, -0.05) is 0 Å². The van der Waals surface area contributed by atoms with Crippen LogP contribution in [0.15, 0.2) is 37.1 Å². The molecule has 1 aromatic heterocycles. The Balaban J connectivity index is 1.99. The Kier molecular flexibility index (Phi) is 3.65. The maximum Gasteiger partial charge on any atom is 0.419 e. The highest BCUT2D eigenvalue weighted by atomic mass is 32.2. The third-order valence-corrected chi connectivity index (χ3v) is 6.78. The Morgan fingerprint density at radius 3 is 2.65 bits per heavy atom. The van der Waals surface area contributed by atoms with E-state index < -0.39 is 37.3 Å². The van der Waals surface area contributed by atoms with E-state index in [0.29, 0.717) is 0 Å². The molecule has 1 atom stereocenters. The van der Waals surface area contributed by atoms with Gasteiger partial charge in [0.15, 0.2) is 9.84 Å². The lowest BCUT2D eigenvalue weighted by Gasteiger charge is -2.11. The average Bonchev–Trinajstić information content (AvgIpc) is 2.76. The fourth-order valence-corrected chi connectivity index (χ4v) is 5.49. The zero-order valence-corrected chi connectivity index (χ0v) is 13.2. The molecule has 0 spiro atoms. The van der Waals surface area contributed by atoms with Crippen LogP contribution in [-0.4, -0.2) is 39.4 Å². The van der Waals surface area contributed by atoms with E-state index in [0.717, 1.165) is 6.07 Å². The van der Waals surface area contributed by atoms with Gasteiger partial charge in [0.1, 0.15) is 0 Å². The fraction of sp³-hybridized carbons (Fsp3) is 0.333. The summed E-state index contributed by atoms with van der Waals surface area (Å²) in [6.07, 6.45) is 0.199. The largest absolute Gasteiger partial charge is 0.419 e. The van der Waals surface area contributed by atoms with Gasteiger partial charge < -0.3 is 4.42 Å². The third-order valence-electron chi connectivity index (χ3n) is 3.50. The first-order chi connectivity index (χ1) is 10.7. The van der Waals surface area contributed by atoms with E-state index in [1.165, 1.54) is 12.1 Å². The van der Waals surface area contributed by atoms with Crippen LogP contribution in [-0.2, 0) is 19.9 Å². The van der Waals surface area contributed by atoms with Crippen LogP contribution >= 0.6 is 0 Å². The highest BCUT2D eigenvalue weighted by Crippen LogP contribution is 2.18. The molecule has 1 unspecified atom stereocenters. The summed E-state index contributed by atoms with van der Waals surface area (Å²) in [6.45, 7) is 0. The van der Waals surface area contributed by atoms with Crippen molar-refractivity contribution in [3.63, 3.8) is 0 Å². The molecule has 0 amide bonds. The van der Waals surface area contributed by atoms with Gasteiger partial charge >= 0.3 is 11.4 Å². The highest BCUT2D eigenvalue weighted by molar-refractivity contribution is 7.92. The lowest BCUT2D eigenvalue weighted by molar-refractivity contribution is 0.460. The number of hydrogen-bond acceptors (Lipinski definition) is 7. The quantitative estimate of drug-likeness (QED) is 0.710. The van der Waals surface area contributed by atoms with Crippen molar-refractivity contribution >= 4 is 30.8 Å². The number of H-pyrrole nitrogens is 1. The number of aromatic amines is 1. The van der Waals surface area contributed by atoms with Gasteiger partial charge in [-0.05, 0) is 24.6 Å². The summed E-state index contributed by atoms with van der Waals surface area (Å²) in [6, 6.07) is 2.85. The summed E-state index contributed by atoms with van der Waals surface area (Å²) in [5.74, 6) is -1.26. The molecule has 1 aliphatic heterocycles. The summed E-state index contributed by atoms with van der Waals surface area (Å²) >= 11 is 0. The van der Waals surface area contributed by atoms with Crippen molar-refractivity contribution in [3.05, 3.63) is 39.2 Å². The van der Waals surface area contributed by atoms with Crippen molar-refractivity contribution in [1.29, 1.82) is 0 Å². The number of aromatic nitrogens is 1. The molecule has 0 radical (unpaired) electrons. The van der Waals surface area contributed by atoms with Crippen molar-refractivity contribution in [2.24, 2.45) is 0 Å². The first kappa shape index (κ1) is 15.9. The van der Waals surface area contributed by atoms with Crippen LogP contribution < -0.4 is 16.1 Å². The monoisotopic (exact) mass is 360 g/mol. The Morgan fingerprint density at radius 1 is 1.26 bits per heavy atom. The molecule has 0 saturated carbocycles. The molecular formula is C12H12N2O7S2.